The molecule has 0 spiro atoms. The third-order valence-corrected chi connectivity index (χ3v) is 3.54. The van der Waals surface area contributed by atoms with Crippen LogP contribution in [0.25, 0.3) is 0 Å². The smallest absolute Gasteiger partial charge is 0.267 e. The first kappa shape index (κ1) is 15.1. The summed E-state index contributed by atoms with van der Waals surface area (Å²) >= 11 is 2.07. The Kier molecular flexibility index (Phi) is 4.99. The lowest BCUT2D eigenvalue weighted by Gasteiger charge is -2.01. The van der Waals surface area contributed by atoms with E-state index in [0.29, 0.717) is 11.1 Å². The summed E-state index contributed by atoms with van der Waals surface area (Å²) in [5.74, 6) is -0.307. The zero-order valence-electron chi connectivity index (χ0n) is 10.7. The maximum Gasteiger partial charge on any atom is 0.272 e. The quantitative estimate of drug-likeness (QED) is 0.374. The number of non-ortho nitro benzene ring substituents is 1. The predicted molar refractivity (Wildman–Crippen MR) is 87.3 cm³/mol. The fourth-order valence-electron chi connectivity index (χ4n) is 1.55. The zero-order chi connectivity index (χ0) is 15.2. The number of nitrogens with zero attached hydrogens (tertiary/aromatic N) is 2. The molecule has 2 aromatic rings. The van der Waals surface area contributed by atoms with E-state index in [4.69, 9.17) is 0 Å². The number of hydrazone groups is 1. The summed E-state index contributed by atoms with van der Waals surface area (Å²) < 4.78 is 0.832. The monoisotopic (exact) mass is 395 g/mol. The lowest BCUT2D eigenvalue weighted by atomic mass is 10.2. The molecule has 1 amide bonds. The number of rotatable bonds is 4. The maximum absolute atomic E-state index is 11.9. The Bertz CT molecular complexity index is 699. The fourth-order valence-corrected chi connectivity index (χ4v) is 2.19. The Labute approximate surface area is 134 Å². The van der Waals surface area contributed by atoms with Gasteiger partial charge in [-0.15, -0.1) is 0 Å². The number of carbonyl (C=O) groups excluding carboxylic acids is 1. The second kappa shape index (κ2) is 6.93. The molecule has 106 valence electrons. The first-order valence-electron chi connectivity index (χ1n) is 5.90. The van der Waals surface area contributed by atoms with E-state index in [0.717, 1.165) is 3.57 Å². The zero-order valence-corrected chi connectivity index (χ0v) is 12.9. The highest BCUT2D eigenvalue weighted by molar-refractivity contribution is 14.1. The Morgan fingerprint density at radius 2 is 1.86 bits per heavy atom. The van der Waals surface area contributed by atoms with E-state index >= 15 is 0 Å². The van der Waals surface area contributed by atoms with Gasteiger partial charge < -0.3 is 0 Å². The topological polar surface area (TPSA) is 84.6 Å². The van der Waals surface area contributed by atoms with Crippen LogP contribution in [-0.4, -0.2) is 17.0 Å². The van der Waals surface area contributed by atoms with Gasteiger partial charge in [0.2, 0.25) is 0 Å². The highest BCUT2D eigenvalue weighted by Gasteiger charge is 2.07. The van der Waals surface area contributed by atoms with Crippen LogP contribution in [0.4, 0.5) is 5.69 Å². The predicted octanol–water partition coefficient (Wildman–Crippen LogP) is 2.96. The molecule has 21 heavy (non-hydrogen) atoms. The van der Waals surface area contributed by atoms with Gasteiger partial charge in [0, 0.05) is 15.7 Å². The summed E-state index contributed by atoms with van der Waals surface area (Å²) in [7, 11) is 0. The first-order chi connectivity index (χ1) is 10.1. The molecule has 0 unspecified atom stereocenters. The van der Waals surface area contributed by atoms with Crippen molar-refractivity contribution in [2.24, 2.45) is 5.10 Å². The minimum atomic E-state index is -0.472. The fraction of sp³-hybridized carbons (Fsp3) is 0. The van der Waals surface area contributed by atoms with Crippen molar-refractivity contribution in [1.29, 1.82) is 0 Å². The number of carbonyl (C=O) groups is 1. The van der Waals surface area contributed by atoms with Gasteiger partial charge in [0.05, 0.1) is 16.7 Å². The van der Waals surface area contributed by atoms with Crippen molar-refractivity contribution in [2.75, 3.05) is 0 Å². The number of amides is 1. The molecule has 0 heterocycles. The summed E-state index contributed by atoms with van der Waals surface area (Å²) in [5, 5.41) is 14.4. The van der Waals surface area contributed by atoms with E-state index in [1.54, 1.807) is 24.3 Å². The molecule has 0 radical (unpaired) electrons. The minimum Gasteiger partial charge on any atom is -0.267 e. The lowest BCUT2D eigenvalue weighted by molar-refractivity contribution is -0.384. The van der Waals surface area contributed by atoms with Crippen molar-refractivity contribution >= 4 is 40.4 Å². The van der Waals surface area contributed by atoms with Crippen molar-refractivity contribution in [2.45, 2.75) is 0 Å². The van der Waals surface area contributed by atoms with Crippen molar-refractivity contribution in [3.63, 3.8) is 0 Å². The van der Waals surface area contributed by atoms with Crippen molar-refractivity contribution < 1.29 is 9.72 Å². The van der Waals surface area contributed by atoms with Gasteiger partial charge >= 0.3 is 0 Å². The molecule has 0 fully saturated rings. The lowest BCUT2D eigenvalue weighted by Crippen LogP contribution is -2.18. The van der Waals surface area contributed by atoms with Crippen LogP contribution in [0.1, 0.15) is 15.9 Å². The molecule has 0 saturated heterocycles. The number of hydrogen-bond donors (Lipinski definition) is 1. The molecule has 2 rings (SSSR count). The van der Waals surface area contributed by atoms with E-state index < -0.39 is 4.92 Å². The number of nitro groups is 1. The van der Waals surface area contributed by atoms with Crippen LogP contribution in [0.15, 0.2) is 53.6 Å². The first-order valence-corrected chi connectivity index (χ1v) is 6.98. The standard InChI is InChI=1S/C14H10IN3O3/c15-13-4-2-1-3-12(13)14(19)17-16-9-10-5-7-11(8-6-10)18(20)21/h1-9H,(H,17,19)/b16-9+. The molecule has 0 aliphatic rings. The normalized spacial score (nSPS) is 10.5. The third-order valence-electron chi connectivity index (χ3n) is 2.60. The molecule has 0 bridgehead atoms. The van der Waals surface area contributed by atoms with Crippen molar-refractivity contribution in [3.05, 3.63) is 73.3 Å². The number of benzene rings is 2. The largest absolute Gasteiger partial charge is 0.272 e. The molecule has 1 N–H and O–H groups in total. The molecular formula is C14H10IN3O3. The summed E-state index contributed by atoms with van der Waals surface area (Å²) in [5.41, 5.74) is 3.62. The number of nitro benzene ring substituents is 1. The Morgan fingerprint density at radius 1 is 1.19 bits per heavy atom. The van der Waals surface area contributed by atoms with E-state index in [2.05, 4.69) is 33.1 Å². The van der Waals surface area contributed by atoms with Crippen LogP contribution in [0, 0.1) is 13.7 Å². The summed E-state index contributed by atoms with van der Waals surface area (Å²) in [6.07, 6.45) is 1.43. The number of halogens is 1. The molecule has 6 nitrogen and oxygen atoms in total. The van der Waals surface area contributed by atoms with Crippen LogP contribution < -0.4 is 5.43 Å². The minimum absolute atomic E-state index is 0.00928. The van der Waals surface area contributed by atoms with Crippen LogP contribution in [0.5, 0.6) is 0 Å². The second-order valence-corrected chi connectivity index (χ2v) is 5.19. The second-order valence-electron chi connectivity index (χ2n) is 4.03. The highest BCUT2D eigenvalue weighted by atomic mass is 127. The van der Waals surface area contributed by atoms with E-state index in [1.807, 2.05) is 12.1 Å². The third kappa shape index (κ3) is 4.09. The van der Waals surface area contributed by atoms with Crippen LogP contribution in [-0.2, 0) is 0 Å². The Hall–Kier alpha value is -2.29. The van der Waals surface area contributed by atoms with Gasteiger partial charge in [-0.2, -0.15) is 5.10 Å². The molecule has 0 aliphatic heterocycles. The van der Waals surface area contributed by atoms with Gasteiger partial charge in [-0.25, -0.2) is 5.43 Å². The van der Waals surface area contributed by atoms with Crippen molar-refractivity contribution in [1.82, 2.24) is 5.43 Å². The van der Waals surface area contributed by atoms with Gasteiger partial charge in [-0.05, 0) is 52.4 Å². The number of nitrogens with one attached hydrogen (secondary N) is 1. The Balaban J connectivity index is 2.01. The van der Waals surface area contributed by atoms with Crippen LogP contribution in [0.2, 0.25) is 0 Å². The van der Waals surface area contributed by atoms with Crippen LogP contribution >= 0.6 is 22.6 Å². The molecule has 0 saturated carbocycles. The van der Waals surface area contributed by atoms with Gasteiger partial charge in [-0.3, -0.25) is 14.9 Å². The number of hydrogen-bond acceptors (Lipinski definition) is 4. The molecule has 0 aliphatic carbocycles. The molecule has 0 atom stereocenters. The van der Waals surface area contributed by atoms with Gasteiger partial charge in [0.1, 0.15) is 0 Å². The SMILES string of the molecule is O=C(N/N=C/c1ccc([N+](=O)[O-])cc1)c1ccccc1I. The van der Waals surface area contributed by atoms with Crippen LogP contribution in [0.3, 0.4) is 0 Å². The molecule has 2 aromatic carbocycles. The summed E-state index contributed by atoms with van der Waals surface area (Å²) in [6, 6.07) is 13.0. The molecule has 7 heteroatoms. The van der Waals surface area contributed by atoms with Crippen molar-refractivity contribution in [3.8, 4) is 0 Å². The Morgan fingerprint density at radius 3 is 2.48 bits per heavy atom. The highest BCUT2D eigenvalue weighted by Crippen LogP contribution is 2.12. The maximum atomic E-state index is 11.9. The molecular weight excluding hydrogens is 385 g/mol. The van der Waals surface area contributed by atoms with E-state index in [-0.39, 0.29) is 11.6 Å². The van der Waals surface area contributed by atoms with Gasteiger partial charge in [0.25, 0.3) is 11.6 Å². The average molecular weight is 395 g/mol. The summed E-state index contributed by atoms with van der Waals surface area (Å²) in [6.45, 7) is 0. The summed E-state index contributed by atoms with van der Waals surface area (Å²) in [4.78, 5) is 21.9. The average Bonchev–Trinajstić information content (AvgIpc) is 2.48. The van der Waals surface area contributed by atoms with Gasteiger partial charge in [-0.1, -0.05) is 12.1 Å². The molecule has 0 aromatic heterocycles. The van der Waals surface area contributed by atoms with Gasteiger partial charge in [0.15, 0.2) is 0 Å². The van der Waals surface area contributed by atoms with E-state index in [1.165, 1.54) is 18.3 Å². The van der Waals surface area contributed by atoms with E-state index in [9.17, 15) is 14.9 Å².